The van der Waals surface area contributed by atoms with Crippen LogP contribution in [0, 0.1) is 0 Å². The molecule has 0 fully saturated rings. The molecule has 0 spiro atoms. The molecule has 1 unspecified atom stereocenters. The maximum Gasteiger partial charge on any atom is 0.148 e. The summed E-state index contributed by atoms with van der Waals surface area (Å²) in [5.74, 6) is 0.801. The summed E-state index contributed by atoms with van der Waals surface area (Å²) in [5.41, 5.74) is 2.06. The first-order chi connectivity index (χ1) is 8.13. The molecule has 2 aromatic rings. The van der Waals surface area contributed by atoms with Gasteiger partial charge >= 0.3 is 0 Å². The Morgan fingerprint density at radius 2 is 2.12 bits per heavy atom. The molecule has 0 saturated carbocycles. The zero-order chi connectivity index (χ0) is 12.4. The number of benzene rings is 1. The fourth-order valence-corrected chi connectivity index (χ4v) is 2.45. The van der Waals surface area contributed by atoms with Gasteiger partial charge in [-0.3, -0.25) is 0 Å². The third-order valence-corrected chi connectivity index (χ3v) is 3.73. The Hall–Kier alpha value is -0.770. The van der Waals surface area contributed by atoms with Crippen molar-refractivity contribution >= 4 is 27.5 Å². The van der Waals surface area contributed by atoms with E-state index in [9.17, 15) is 0 Å². The molecule has 0 saturated heterocycles. The van der Waals surface area contributed by atoms with Gasteiger partial charge in [-0.2, -0.15) is 0 Å². The van der Waals surface area contributed by atoms with Gasteiger partial charge in [-0.15, -0.1) is 0 Å². The molecule has 4 heteroatoms. The first-order valence-electron chi connectivity index (χ1n) is 5.33. The van der Waals surface area contributed by atoms with Gasteiger partial charge in [0.05, 0.1) is 10.7 Å². The van der Waals surface area contributed by atoms with Gasteiger partial charge in [0.2, 0.25) is 0 Å². The third-order valence-electron chi connectivity index (χ3n) is 2.78. The highest BCUT2D eigenvalue weighted by Crippen LogP contribution is 2.33. The second-order valence-corrected chi connectivity index (χ2v) is 5.11. The van der Waals surface area contributed by atoms with Crippen molar-refractivity contribution in [1.29, 1.82) is 0 Å². The van der Waals surface area contributed by atoms with Crippen molar-refractivity contribution in [3.8, 4) is 11.3 Å². The molecule has 1 aromatic carbocycles. The van der Waals surface area contributed by atoms with Crippen LogP contribution in [-0.2, 0) is 0 Å². The predicted molar refractivity (Wildman–Crippen MR) is 74.3 cm³/mol. The highest BCUT2D eigenvalue weighted by atomic mass is 79.9. The average Bonchev–Trinajstić information content (AvgIpc) is 2.74. The average molecular weight is 315 g/mol. The second-order valence-electron chi connectivity index (χ2n) is 3.84. The van der Waals surface area contributed by atoms with Crippen LogP contribution in [0.15, 0.2) is 39.4 Å². The van der Waals surface area contributed by atoms with Crippen molar-refractivity contribution in [3.63, 3.8) is 0 Å². The van der Waals surface area contributed by atoms with Crippen LogP contribution < -0.4 is 5.32 Å². The number of hydrogen-bond acceptors (Lipinski definition) is 2. The normalized spacial score (nSPS) is 12.7. The molecule has 2 rings (SSSR count). The van der Waals surface area contributed by atoms with Gasteiger partial charge in [0.25, 0.3) is 0 Å². The molecule has 0 radical (unpaired) electrons. The van der Waals surface area contributed by atoms with E-state index >= 15 is 0 Å². The van der Waals surface area contributed by atoms with Crippen LogP contribution in [0.4, 0.5) is 0 Å². The van der Waals surface area contributed by atoms with Crippen LogP contribution in [-0.4, -0.2) is 7.05 Å². The lowest BCUT2D eigenvalue weighted by atomic mass is 10.0. The summed E-state index contributed by atoms with van der Waals surface area (Å²) in [6.07, 6.45) is 1.65. The van der Waals surface area contributed by atoms with E-state index < -0.39 is 0 Å². The lowest BCUT2D eigenvalue weighted by Crippen LogP contribution is -2.12. The number of nitrogens with one attached hydrogen (secondary N) is 1. The fourth-order valence-electron chi connectivity index (χ4n) is 1.67. The molecule has 17 heavy (non-hydrogen) atoms. The van der Waals surface area contributed by atoms with Gasteiger partial charge in [0.1, 0.15) is 5.76 Å². The Bertz CT molecular complexity index is 524. The van der Waals surface area contributed by atoms with Gasteiger partial charge in [0.15, 0.2) is 0 Å². The van der Waals surface area contributed by atoms with E-state index in [4.69, 9.17) is 16.0 Å². The highest BCUT2D eigenvalue weighted by Gasteiger charge is 2.12. The lowest BCUT2D eigenvalue weighted by Gasteiger charge is -2.13. The summed E-state index contributed by atoms with van der Waals surface area (Å²) in [4.78, 5) is 0. The molecule has 1 N–H and O–H groups in total. The van der Waals surface area contributed by atoms with E-state index in [0.717, 1.165) is 26.4 Å². The molecule has 2 nitrogen and oxygen atoms in total. The molecule has 0 aliphatic rings. The first-order valence-corrected chi connectivity index (χ1v) is 6.50. The van der Waals surface area contributed by atoms with Gasteiger partial charge in [-0.05, 0) is 47.6 Å². The van der Waals surface area contributed by atoms with Gasteiger partial charge in [0, 0.05) is 16.6 Å². The summed E-state index contributed by atoms with van der Waals surface area (Å²) in [7, 11) is 1.91. The summed E-state index contributed by atoms with van der Waals surface area (Å²) in [5, 5.41) is 3.91. The SMILES string of the molecule is CNC(C)c1ccc(-c2occc2Br)cc1Cl. The number of halogens is 2. The van der Waals surface area contributed by atoms with Crippen LogP contribution in [0.3, 0.4) is 0 Å². The van der Waals surface area contributed by atoms with Crippen LogP contribution in [0.5, 0.6) is 0 Å². The molecule has 1 heterocycles. The zero-order valence-corrected chi connectivity index (χ0v) is 12.0. The van der Waals surface area contributed by atoms with Crippen LogP contribution in [0.25, 0.3) is 11.3 Å². The van der Waals surface area contributed by atoms with Crippen LogP contribution in [0.1, 0.15) is 18.5 Å². The number of hydrogen-bond donors (Lipinski definition) is 1. The minimum Gasteiger partial charge on any atom is -0.463 e. The maximum absolute atomic E-state index is 6.28. The molecule has 90 valence electrons. The summed E-state index contributed by atoms with van der Waals surface area (Å²) in [6, 6.07) is 8.06. The Morgan fingerprint density at radius 1 is 1.35 bits per heavy atom. The molecule has 0 aliphatic carbocycles. The van der Waals surface area contributed by atoms with E-state index in [2.05, 4.69) is 28.2 Å². The Kier molecular flexibility index (Phi) is 3.92. The molecule has 1 atom stereocenters. The van der Waals surface area contributed by atoms with Crippen molar-refractivity contribution < 1.29 is 4.42 Å². The first kappa shape index (κ1) is 12.7. The van der Waals surface area contributed by atoms with Crippen LogP contribution in [0.2, 0.25) is 5.02 Å². The van der Waals surface area contributed by atoms with E-state index in [-0.39, 0.29) is 6.04 Å². The van der Waals surface area contributed by atoms with E-state index in [1.54, 1.807) is 6.26 Å². The van der Waals surface area contributed by atoms with Crippen molar-refractivity contribution in [3.05, 3.63) is 45.6 Å². The van der Waals surface area contributed by atoms with Crippen molar-refractivity contribution in [1.82, 2.24) is 5.32 Å². The largest absolute Gasteiger partial charge is 0.463 e. The molecular weight excluding hydrogens is 302 g/mol. The quantitative estimate of drug-likeness (QED) is 0.892. The summed E-state index contributed by atoms with van der Waals surface area (Å²) in [6.45, 7) is 2.07. The molecule has 0 bridgehead atoms. The topological polar surface area (TPSA) is 25.2 Å². The summed E-state index contributed by atoms with van der Waals surface area (Å²) >= 11 is 9.71. The van der Waals surface area contributed by atoms with Crippen molar-refractivity contribution in [2.75, 3.05) is 7.05 Å². The van der Waals surface area contributed by atoms with Gasteiger partial charge in [-0.25, -0.2) is 0 Å². The number of rotatable bonds is 3. The predicted octanol–water partition coefficient (Wildman–Crippen LogP) is 4.64. The molecular formula is C13H13BrClNO. The van der Waals surface area contributed by atoms with Gasteiger partial charge < -0.3 is 9.73 Å². The van der Waals surface area contributed by atoms with Gasteiger partial charge in [-0.1, -0.05) is 23.7 Å². The van der Waals surface area contributed by atoms with Crippen molar-refractivity contribution in [2.24, 2.45) is 0 Å². The lowest BCUT2D eigenvalue weighted by molar-refractivity contribution is 0.581. The second kappa shape index (κ2) is 5.25. The van der Waals surface area contributed by atoms with E-state index in [1.165, 1.54) is 0 Å². The Balaban J connectivity index is 2.41. The van der Waals surface area contributed by atoms with Crippen molar-refractivity contribution in [2.45, 2.75) is 13.0 Å². The van der Waals surface area contributed by atoms with E-state index in [0.29, 0.717) is 0 Å². The Morgan fingerprint density at radius 3 is 2.65 bits per heavy atom. The minimum atomic E-state index is 0.233. The maximum atomic E-state index is 6.28. The monoisotopic (exact) mass is 313 g/mol. The molecule has 0 aliphatic heterocycles. The highest BCUT2D eigenvalue weighted by molar-refractivity contribution is 9.10. The standard InChI is InChI=1S/C13H13BrClNO/c1-8(16-2)10-4-3-9(7-12(10)15)13-11(14)5-6-17-13/h3-8,16H,1-2H3. The Labute approximate surface area is 114 Å². The molecule has 0 amide bonds. The smallest absolute Gasteiger partial charge is 0.148 e. The fraction of sp³-hybridized carbons (Fsp3) is 0.231. The zero-order valence-electron chi connectivity index (χ0n) is 9.63. The van der Waals surface area contributed by atoms with Crippen LogP contribution >= 0.6 is 27.5 Å². The third kappa shape index (κ3) is 2.57. The minimum absolute atomic E-state index is 0.233. The summed E-state index contributed by atoms with van der Waals surface area (Å²) < 4.78 is 6.34. The number of furan rings is 1. The van der Waals surface area contributed by atoms with E-state index in [1.807, 2.05) is 31.3 Å². The molecule has 1 aromatic heterocycles.